The average molecular weight is 256 g/mol. The minimum absolute atomic E-state index is 0.0319. The molecule has 0 unspecified atom stereocenters. The van der Waals surface area contributed by atoms with E-state index in [4.69, 9.17) is 23.2 Å². The Kier molecular flexibility index (Phi) is 3.58. The lowest BCUT2D eigenvalue weighted by molar-refractivity contribution is 0.436. The molecule has 0 atom stereocenters. The summed E-state index contributed by atoms with van der Waals surface area (Å²) in [6, 6.07) is 5.72. The van der Waals surface area contributed by atoms with E-state index in [0.29, 0.717) is 0 Å². The molecule has 16 heavy (non-hydrogen) atoms. The van der Waals surface area contributed by atoms with Gasteiger partial charge in [-0.25, -0.2) is 0 Å². The summed E-state index contributed by atoms with van der Waals surface area (Å²) in [7, 11) is 1.96. The van der Waals surface area contributed by atoms with E-state index in [0.717, 1.165) is 35.0 Å². The zero-order valence-corrected chi connectivity index (χ0v) is 10.8. The third-order valence-electron chi connectivity index (χ3n) is 3.19. The molecule has 1 aromatic carbocycles. The van der Waals surface area contributed by atoms with Crippen molar-refractivity contribution in [2.75, 3.05) is 13.6 Å². The van der Waals surface area contributed by atoms with Gasteiger partial charge in [0.15, 0.2) is 0 Å². The number of halogens is 2. The van der Waals surface area contributed by atoms with Gasteiger partial charge in [0.05, 0.1) is 0 Å². The lowest BCUT2D eigenvalue weighted by atomic mass is 9.78. The van der Waals surface area contributed by atoms with Crippen molar-refractivity contribution in [2.45, 2.75) is 18.3 Å². The molecule has 0 saturated heterocycles. The molecule has 3 heteroatoms. The molecule has 1 N–H and O–H groups in total. The predicted octanol–water partition coefficient (Wildman–Crippen LogP) is 3.80. The summed E-state index contributed by atoms with van der Waals surface area (Å²) in [4.78, 5) is 0. The highest BCUT2D eigenvalue weighted by Gasteiger charge is 2.35. The van der Waals surface area contributed by atoms with E-state index < -0.39 is 0 Å². The molecule has 1 aliphatic carbocycles. The Bertz CT molecular complexity index is 384. The molecule has 0 amide bonds. The molecular weight excluding hydrogens is 241 g/mol. The maximum absolute atomic E-state index is 6.29. The highest BCUT2D eigenvalue weighted by Crippen LogP contribution is 2.43. The predicted molar refractivity (Wildman–Crippen MR) is 70.4 cm³/mol. The molecule has 1 nitrogen and oxygen atoms in total. The fraction of sp³-hybridized carbons (Fsp3) is 0.385. The number of hydrogen-bond acceptors (Lipinski definition) is 1. The summed E-state index contributed by atoms with van der Waals surface area (Å²) in [5, 5.41) is 4.79. The summed E-state index contributed by atoms with van der Waals surface area (Å²) >= 11 is 12.6. The molecule has 0 bridgehead atoms. The molecule has 1 aliphatic rings. The smallest absolute Gasteiger partial charge is 0.0459 e. The van der Waals surface area contributed by atoms with Crippen molar-refractivity contribution in [1.29, 1.82) is 0 Å². The van der Waals surface area contributed by atoms with Gasteiger partial charge in [-0.3, -0.25) is 0 Å². The SMILES string of the molecule is CNCC1(c2c(Cl)cccc2Cl)CC=CC1. The van der Waals surface area contributed by atoms with E-state index in [1.54, 1.807) is 0 Å². The Morgan fingerprint density at radius 1 is 1.19 bits per heavy atom. The van der Waals surface area contributed by atoms with E-state index in [1.165, 1.54) is 0 Å². The van der Waals surface area contributed by atoms with Gasteiger partial charge < -0.3 is 5.32 Å². The van der Waals surface area contributed by atoms with Crippen molar-refractivity contribution in [1.82, 2.24) is 5.32 Å². The third kappa shape index (κ3) is 2.00. The van der Waals surface area contributed by atoms with Crippen LogP contribution in [0.3, 0.4) is 0 Å². The van der Waals surface area contributed by atoms with E-state index in [9.17, 15) is 0 Å². The first-order valence-electron chi connectivity index (χ1n) is 5.44. The molecule has 1 aromatic rings. The Balaban J connectivity index is 2.47. The Labute approximate surface area is 106 Å². The molecular formula is C13H15Cl2N. The second-order valence-corrected chi connectivity index (χ2v) is 5.10. The lowest BCUT2D eigenvalue weighted by Gasteiger charge is -2.31. The standard InChI is InChI=1S/C13H15Cl2N/c1-16-9-13(7-2-3-8-13)12-10(14)5-4-6-11(12)15/h2-6,16H,7-9H2,1H3. The third-order valence-corrected chi connectivity index (χ3v) is 3.82. The van der Waals surface area contributed by atoms with Gasteiger partial charge in [-0.2, -0.15) is 0 Å². The van der Waals surface area contributed by atoms with Gasteiger partial charge in [0, 0.05) is 22.0 Å². The van der Waals surface area contributed by atoms with Gasteiger partial charge in [-0.05, 0) is 37.6 Å². The van der Waals surface area contributed by atoms with Crippen LogP contribution in [0.2, 0.25) is 10.0 Å². The number of rotatable bonds is 3. The highest BCUT2D eigenvalue weighted by molar-refractivity contribution is 6.36. The summed E-state index contributed by atoms with van der Waals surface area (Å²) < 4.78 is 0. The molecule has 2 rings (SSSR count). The van der Waals surface area contributed by atoms with Crippen molar-refractivity contribution in [3.05, 3.63) is 46.0 Å². The maximum Gasteiger partial charge on any atom is 0.0459 e. The van der Waals surface area contributed by atoms with Gasteiger partial charge in [-0.1, -0.05) is 41.4 Å². The number of nitrogens with one attached hydrogen (secondary N) is 1. The van der Waals surface area contributed by atoms with Crippen molar-refractivity contribution in [3.8, 4) is 0 Å². The topological polar surface area (TPSA) is 12.0 Å². The lowest BCUT2D eigenvalue weighted by Crippen LogP contribution is -2.35. The molecule has 0 heterocycles. The van der Waals surface area contributed by atoms with E-state index in [-0.39, 0.29) is 5.41 Å². The number of allylic oxidation sites excluding steroid dienone is 2. The van der Waals surface area contributed by atoms with E-state index >= 15 is 0 Å². The fourth-order valence-electron chi connectivity index (χ4n) is 2.48. The van der Waals surface area contributed by atoms with E-state index in [2.05, 4.69) is 17.5 Å². The quantitative estimate of drug-likeness (QED) is 0.811. The van der Waals surface area contributed by atoms with Crippen LogP contribution in [0.1, 0.15) is 18.4 Å². The molecule has 0 fully saturated rings. The first kappa shape index (κ1) is 12.0. The molecule has 0 radical (unpaired) electrons. The minimum atomic E-state index is 0.0319. The molecule has 0 spiro atoms. The second kappa shape index (κ2) is 4.79. The van der Waals surface area contributed by atoms with Crippen LogP contribution in [0.25, 0.3) is 0 Å². The van der Waals surface area contributed by atoms with Crippen LogP contribution in [-0.2, 0) is 5.41 Å². The molecule has 0 aliphatic heterocycles. The summed E-state index contributed by atoms with van der Waals surface area (Å²) in [6.07, 6.45) is 6.41. The van der Waals surface area contributed by atoms with Gasteiger partial charge >= 0.3 is 0 Å². The number of likely N-dealkylation sites (N-methyl/N-ethyl adjacent to an activating group) is 1. The summed E-state index contributed by atoms with van der Waals surface area (Å²) in [5.41, 5.74) is 1.11. The van der Waals surface area contributed by atoms with E-state index in [1.807, 2.05) is 25.2 Å². The zero-order valence-electron chi connectivity index (χ0n) is 9.26. The maximum atomic E-state index is 6.29. The second-order valence-electron chi connectivity index (χ2n) is 4.29. The Morgan fingerprint density at radius 3 is 2.25 bits per heavy atom. The van der Waals surface area contributed by atoms with Crippen LogP contribution in [-0.4, -0.2) is 13.6 Å². The van der Waals surface area contributed by atoms with Gasteiger partial charge in [0.1, 0.15) is 0 Å². The minimum Gasteiger partial charge on any atom is -0.319 e. The number of hydrogen-bond donors (Lipinski definition) is 1. The van der Waals surface area contributed by atoms with Crippen molar-refractivity contribution in [3.63, 3.8) is 0 Å². The monoisotopic (exact) mass is 255 g/mol. The van der Waals surface area contributed by atoms with Gasteiger partial charge in [-0.15, -0.1) is 0 Å². The Hall–Kier alpha value is -0.500. The molecule has 0 saturated carbocycles. The average Bonchev–Trinajstić information content (AvgIpc) is 2.67. The molecule has 86 valence electrons. The van der Waals surface area contributed by atoms with Crippen LogP contribution < -0.4 is 5.32 Å². The van der Waals surface area contributed by atoms with Crippen LogP contribution >= 0.6 is 23.2 Å². The first-order chi connectivity index (χ1) is 7.69. The summed E-state index contributed by atoms with van der Waals surface area (Å²) in [6.45, 7) is 0.892. The van der Waals surface area contributed by atoms with Gasteiger partial charge in [0.2, 0.25) is 0 Å². The zero-order chi connectivity index (χ0) is 11.6. The molecule has 0 aromatic heterocycles. The normalized spacial score (nSPS) is 17.9. The van der Waals surface area contributed by atoms with Crippen LogP contribution in [0.4, 0.5) is 0 Å². The largest absolute Gasteiger partial charge is 0.319 e. The fourth-order valence-corrected chi connectivity index (χ4v) is 3.28. The number of benzene rings is 1. The summed E-state index contributed by atoms with van der Waals surface area (Å²) in [5.74, 6) is 0. The van der Waals surface area contributed by atoms with Crippen molar-refractivity contribution in [2.24, 2.45) is 0 Å². The van der Waals surface area contributed by atoms with Crippen molar-refractivity contribution >= 4 is 23.2 Å². The van der Waals surface area contributed by atoms with Crippen molar-refractivity contribution < 1.29 is 0 Å². The van der Waals surface area contributed by atoms with Crippen LogP contribution in [0.15, 0.2) is 30.4 Å². The van der Waals surface area contributed by atoms with Gasteiger partial charge in [0.25, 0.3) is 0 Å². The Morgan fingerprint density at radius 2 is 1.75 bits per heavy atom. The first-order valence-corrected chi connectivity index (χ1v) is 6.19. The van der Waals surface area contributed by atoms with Crippen LogP contribution in [0, 0.1) is 0 Å². The highest BCUT2D eigenvalue weighted by atomic mass is 35.5. The van der Waals surface area contributed by atoms with Crippen LogP contribution in [0.5, 0.6) is 0 Å².